The molecule has 144 valence electrons. The minimum atomic E-state index is -0.195. The number of hydrogen-bond acceptors (Lipinski definition) is 4. The minimum Gasteiger partial charge on any atom is -0.336 e. The van der Waals surface area contributed by atoms with Crippen LogP contribution >= 0.6 is 11.3 Å². The van der Waals surface area contributed by atoms with Crippen LogP contribution in [-0.2, 0) is 17.8 Å². The quantitative estimate of drug-likeness (QED) is 0.693. The molecule has 0 radical (unpaired) electrons. The van der Waals surface area contributed by atoms with Crippen LogP contribution in [0.1, 0.15) is 50.7 Å². The number of carbonyl (C=O) groups is 1. The molecular weight excluding hydrogens is 360 g/mol. The van der Waals surface area contributed by atoms with Gasteiger partial charge in [0, 0.05) is 23.4 Å². The molecular formula is C20H26N4O2S. The number of nitrogens with zero attached hydrogens (tertiary/aromatic N) is 4. The van der Waals surface area contributed by atoms with Gasteiger partial charge in [-0.05, 0) is 52.2 Å². The maximum Gasteiger partial charge on any atom is 0.291 e. The molecule has 0 N–H and O–H groups in total. The summed E-state index contributed by atoms with van der Waals surface area (Å²) in [6.45, 7) is 8.28. The monoisotopic (exact) mass is 386 g/mol. The minimum absolute atomic E-state index is 0.00880. The van der Waals surface area contributed by atoms with Gasteiger partial charge in [0.05, 0.1) is 10.2 Å². The zero-order valence-electron chi connectivity index (χ0n) is 16.4. The van der Waals surface area contributed by atoms with Crippen molar-refractivity contribution < 1.29 is 4.79 Å². The van der Waals surface area contributed by atoms with E-state index >= 15 is 0 Å². The lowest BCUT2D eigenvalue weighted by molar-refractivity contribution is -0.138. The molecule has 0 aromatic carbocycles. The van der Waals surface area contributed by atoms with Gasteiger partial charge < -0.3 is 4.90 Å². The van der Waals surface area contributed by atoms with E-state index in [1.165, 1.54) is 9.56 Å². The lowest BCUT2D eigenvalue weighted by atomic mass is 9.97. The van der Waals surface area contributed by atoms with E-state index in [9.17, 15) is 9.59 Å². The molecule has 1 fully saturated rings. The molecule has 0 unspecified atom stereocenters. The van der Waals surface area contributed by atoms with Crippen molar-refractivity contribution in [1.82, 2.24) is 19.1 Å². The summed E-state index contributed by atoms with van der Waals surface area (Å²) in [5.41, 5.74) is 1.44. The summed E-state index contributed by atoms with van der Waals surface area (Å²) < 4.78 is 4.40. The molecule has 0 spiro atoms. The summed E-state index contributed by atoms with van der Waals surface area (Å²) in [4.78, 5) is 29.2. The normalized spacial score (nSPS) is 20.7. The van der Waals surface area contributed by atoms with Crippen LogP contribution in [0.5, 0.6) is 0 Å². The van der Waals surface area contributed by atoms with E-state index in [1.54, 1.807) is 11.3 Å². The van der Waals surface area contributed by atoms with E-state index < -0.39 is 0 Å². The van der Waals surface area contributed by atoms with Crippen molar-refractivity contribution in [2.75, 3.05) is 0 Å². The molecule has 0 saturated carbocycles. The Bertz CT molecular complexity index is 1070. The first-order chi connectivity index (χ1) is 12.9. The third-order valence-electron chi connectivity index (χ3n) is 5.64. The van der Waals surface area contributed by atoms with Gasteiger partial charge in [0.15, 0.2) is 0 Å². The summed E-state index contributed by atoms with van der Waals surface area (Å²) >= 11 is 1.68. The van der Waals surface area contributed by atoms with Crippen molar-refractivity contribution in [1.29, 1.82) is 0 Å². The van der Waals surface area contributed by atoms with Crippen molar-refractivity contribution in [2.45, 2.75) is 72.0 Å². The van der Waals surface area contributed by atoms with E-state index in [0.29, 0.717) is 11.9 Å². The molecule has 1 amide bonds. The molecule has 7 heteroatoms. The summed E-state index contributed by atoms with van der Waals surface area (Å²) in [5, 5.41) is 4.56. The predicted molar refractivity (Wildman–Crippen MR) is 109 cm³/mol. The van der Waals surface area contributed by atoms with Crippen molar-refractivity contribution in [3.63, 3.8) is 0 Å². The molecule has 27 heavy (non-hydrogen) atoms. The van der Waals surface area contributed by atoms with Gasteiger partial charge in [-0.3, -0.25) is 14.0 Å². The molecule has 4 heterocycles. The average molecular weight is 387 g/mol. The van der Waals surface area contributed by atoms with E-state index in [2.05, 4.69) is 31.9 Å². The predicted octanol–water partition coefficient (Wildman–Crippen LogP) is 3.37. The highest BCUT2D eigenvalue weighted by atomic mass is 32.1. The van der Waals surface area contributed by atoms with Gasteiger partial charge in [-0.1, -0.05) is 6.92 Å². The zero-order chi connectivity index (χ0) is 19.3. The third-order valence-corrected chi connectivity index (χ3v) is 6.63. The van der Waals surface area contributed by atoms with Gasteiger partial charge in [-0.15, -0.1) is 11.3 Å². The lowest BCUT2D eigenvalue weighted by Crippen LogP contribution is -2.49. The number of fused-ring (bicyclic) bond motifs is 3. The number of aromatic nitrogens is 3. The fourth-order valence-corrected chi connectivity index (χ4v) is 5.31. The third kappa shape index (κ3) is 2.98. The number of likely N-dealkylation sites (tertiary alicyclic amines) is 1. The first-order valence-electron chi connectivity index (χ1n) is 9.73. The van der Waals surface area contributed by atoms with Crippen molar-refractivity contribution in [3.05, 3.63) is 33.2 Å². The van der Waals surface area contributed by atoms with Gasteiger partial charge in [0.1, 0.15) is 17.9 Å². The average Bonchev–Trinajstić information content (AvgIpc) is 3.13. The smallest absolute Gasteiger partial charge is 0.291 e. The number of rotatable bonds is 3. The molecule has 1 saturated heterocycles. The first kappa shape index (κ1) is 18.2. The van der Waals surface area contributed by atoms with E-state index in [-0.39, 0.29) is 30.1 Å². The number of carbonyl (C=O) groups excluding carboxylic acids is 1. The van der Waals surface area contributed by atoms with Gasteiger partial charge in [0.25, 0.3) is 5.56 Å². The van der Waals surface area contributed by atoms with Crippen molar-refractivity contribution in [2.24, 2.45) is 0 Å². The number of piperidine rings is 1. The SMILES string of the molecule is CCc1nn(CC(=O)N2[C@H](C)CCC[C@H]2C)c(=O)c2cc3sc(C)cc3n12. The van der Waals surface area contributed by atoms with Crippen molar-refractivity contribution in [3.8, 4) is 0 Å². The van der Waals surface area contributed by atoms with Gasteiger partial charge in [-0.2, -0.15) is 5.10 Å². The lowest BCUT2D eigenvalue weighted by Gasteiger charge is -2.39. The Hall–Kier alpha value is -2.15. The molecule has 6 nitrogen and oxygen atoms in total. The highest BCUT2D eigenvalue weighted by Gasteiger charge is 2.29. The number of amides is 1. The molecule has 3 aromatic rings. The maximum atomic E-state index is 13.0. The fraction of sp³-hybridized carbons (Fsp3) is 0.550. The second kappa shape index (κ2) is 6.78. The van der Waals surface area contributed by atoms with Crippen LogP contribution in [0.4, 0.5) is 0 Å². The van der Waals surface area contributed by atoms with Crippen LogP contribution < -0.4 is 5.56 Å². The van der Waals surface area contributed by atoms with Crippen LogP contribution in [0.15, 0.2) is 16.9 Å². The van der Waals surface area contributed by atoms with E-state index in [4.69, 9.17) is 0 Å². The molecule has 4 rings (SSSR count). The summed E-state index contributed by atoms with van der Waals surface area (Å²) in [7, 11) is 0. The zero-order valence-corrected chi connectivity index (χ0v) is 17.2. The van der Waals surface area contributed by atoms with Gasteiger partial charge in [-0.25, -0.2) is 4.68 Å². The molecule has 2 atom stereocenters. The number of aryl methyl sites for hydroxylation is 2. The van der Waals surface area contributed by atoms with Crippen molar-refractivity contribution >= 4 is 33.0 Å². The fourth-order valence-electron chi connectivity index (χ4n) is 4.37. The van der Waals surface area contributed by atoms with E-state index in [1.807, 2.05) is 22.3 Å². The number of hydrogen-bond donors (Lipinski definition) is 0. The molecule has 3 aromatic heterocycles. The largest absolute Gasteiger partial charge is 0.336 e. The van der Waals surface area contributed by atoms with Crippen LogP contribution in [0.25, 0.3) is 15.7 Å². The van der Waals surface area contributed by atoms with Crippen LogP contribution in [0, 0.1) is 6.92 Å². The Morgan fingerprint density at radius 2 is 1.93 bits per heavy atom. The second-order valence-electron chi connectivity index (χ2n) is 7.63. The highest BCUT2D eigenvalue weighted by molar-refractivity contribution is 7.19. The summed E-state index contributed by atoms with van der Waals surface area (Å²) in [6.07, 6.45) is 3.88. The molecule has 1 aliphatic heterocycles. The molecule has 1 aliphatic rings. The second-order valence-corrected chi connectivity index (χ2v) is 8.92. The maximum absolute atomic E-state index is 13.0. The molecule has 0 bridgehead atoms. The topological polar surface area (TPSA) is 59.6 Å². The Balaban J connectivity index is 1.77. The standard InChI is InChI=1S/C20H26N4O2S/c1-5-18-21-22(11-19(25)23-12(2)7-6-8-13(23)3)20(26)16-10-17-15(24(16)18)9-14(4)27-17/h9-10,12-13H,5-8,11H2,1-4H3/t12-,13-/m1/s1. The Morgan fingerprint density at radius 3 is 2.59 bits per heavy atom. The number of thiophene rings is 1. The van der Waals surface area contributed by atoms with Gasteiger partial charge in [0.2, 0.25) is 5.91 Å². The Kier molecular flexibility index (Phi) is 4.58. The van der Waals surface area contributed by atoms with Crippen LogP contribution in [-0.4, -0.2) is 37.1 Å². The van der Waals surface area contributed by atoms with Crippen LogP contribution in [0.3, 0.4) is 0 Å². The van der Waals surface area contributed by atoms with Crippen LogP contribution in [0.2, 0.25) is 0 Å². The first-order valence-corrected chi connectivity index (χ1v) is 10.5. The van der Waals surface area contributed by atoms with Gasteiger partial charge >= 0.3 is 0 Å². The Labute approximate surface area is 162 Å². The highest BCUT2D eigenvalue weighted by Crippen LogP contribution is 2.28. The van der Waals surface area contributed by atoms with E-state index in [0.717, 1.165) is 35.3 Å². The summed E-state index contributed by atoms with van der Waals surface area (Å²) in [5.74, 6) is 0.796. The Morgan fingerprint density at radius 1 is 1.22 bits per heavy atom. The summed E-state index contributed by atoms with van der Waals surface area (Å²) in [6, 6.07) is 4.46. The molecule has 0 aliphatic carbocycles.